The van der Waals surface area contributed by atoms with Crippen molar-refractivity contribution in [3.63, 3.8) is 0 Å². The Morgan fingerprint density at radius 2 is 2.11 bits per heavy atom. The minimum Gasteiger partial charge on any atom is -0.495 e. The van der Waals surface area contributed by atoms with Crippen LogP contribution in [0.1, 0.15) is 24.8 Å². The van der Waals surface area contributed by atoms with E-state index in [9.17, 15) is 0 Å². The molecule has 1 aromatic carbocycles. The smallest absolute Gasteiger partial charge is 0.168 e. The molecular weight excluding hydrogens is 310 g/mol. The van der Waals surface area contributed by atoms with E-state index in [1.165, 1.54) is 0 Å². The quantitative estimate of drug-likeness (QED) is 0.927. The maximum absolute atomic E-state index is 5.98. The summed E-state index contributed by atoms with van der Waals surface area (Å²) >= 11 is 3.56. The van der Waals surface area contributed by atoms with E-state index in [0.29, 0.717) is 19.8 Å². The van der Waals surface area contributed by atoms with Gasteiger partial charge in [0.25, 0.3) is 0 Å². The highest BCUT2D eigenvalue weighted by atomic mass is 79.9. The molecule has 1 aliphatic carbocycles. The average Bonchev–Trinajstić information content (AvgIpc) is 3.21. The summed E-state index contributed by atoms with van der Waals surface area (Å²) in [4.78, 5) is 0. The van der Waals surface area contributed by atoms with Crippen molar-refractivity contribution in [3.05, 3.63) is 16.1 Å². The number of methoxy groups -OCH3 is 1. The number of fused-ring (bicyclic) bond motifs is 1. The summed E-state index contributed by atoms with van der Waals surface area (Å²) < 4.78 is 18.2. The normalized spacial score (nSPS) is 19.7. The standard InChI is InChI=1S/C14H18BrNO3/c1-17-12-9(15)7-10-13(19-6-2-5-18-10)11(12)14(8-16)3-4-14/h7H,2-6,8,16H2,1H3. The molecule has 3 rings (SSSR count). The summed E-state index contributed by atoms with van der Waals surface area (Å²) in [7, 11) is 1.68. The fraction of sp³-hybridized carbons (Fsp3) is 0.571. The molecule has 0 amide bonds. The number of rotatable bonds is 3. The Bertz CT molecular complexity index is 500. The third-order valence-electron chi connectivity index (χ3n) is 3.92. The monoisotopic (exact) mass is 327 g/mol. The fourth-order valence-electron chi connectivity index (χ4n) is 2.65. The first-order valence-corrected chi connectivity index (χ1v) is 7.38. The van der Waals surface area contributed by atoms with Gasteiger partial charge >= 0.3 is 0 Å². The predicted molar refractivity (Wildman–Crippen MR) is 76.3 cm³/mol. The molecule has 0 spiro atoms. The van der Waals surface area contributed by atoms with Crippen LogP contribution in [-0.2, 0) is 5.41 Å². The molecule has 1 heterocycles. The first-order chi connectivity index (χ1) is 9.22. The second kappa shape index (κ2) is 4.87. The molecular formula is C14H18BrNO3. The van der Waals surface area contributed by atoms with Crippen LogP contribution in [0.3, 0.4) is 0 Å². The van der Waals surface area contributed by atoms with Crippen molar-refractivity contribution in [2.24, 2.45) is 5.73 Å². The van der Waals surface area contributed by atoms with Crippen molar-refractivity contribution >= 4 is 15.9 Å². The Kier molecular flexibility index (Phi) is 3.35. The van der Waals surface area contributed by atoms with Crippen LogP contribution < -0.4 is 19.9 Å². The van der Waals surface area contributed by atoms with E-state index in [4.69, 9.17) is 19.9 Å². The van der Waals surface area contributed by atoms with Crippen molar-refractivity contribution in [1.29, 1.82) is 0 Å². The maximum Gasteiger partial charge on any atom is 0.168 e. The van der Waals surface area contributed by atoms with Crippen LogP contribution in [0.5, 0.6) is 17.2 Å². The van der Waals surface area contributed by atoms with Gasteiger partial charge in [0.15, 0.2) is 11.5 Å². The first-order valence-electron chi connectivity index (χ1n) is 6.58. The lowest BCUT2D eigenvalue weighted by Crippen LogP contribution is -2.22. The Morgan fingerprint density at radius 1 is 1.37 bits per heavy atom. The first kappa shape index (κ1) is 13.1. The molecule has 0 bridgehead atoms. The third-order valence-corrected chi connectivity index (χ3v) is 4.51. The lowest BCUT2D eigenvalue weighted by atomic mass is 9.93. The van der Waals surface area contributed by atoms with Gasteiger partial charge in [-0.05, 0) is 28.8 Å². The Morgan fingerprint density at radius 3 is 2.74 bits per heavy atom. The zero-order valence-corrected chi connectivity index (χ0v) is 12.6. The van der Waals surface area contributed by atoms with Crippen molar-refractivity contribution in [2.45, 2.75) is 24.7 Å². The lowest BCUT2D eigenvalue weighted by molar-refractivity contribution is 0.294. The molecule has 1 aromatic rings. The van der Waals surface area contributed by atoms with Crippen LogP contribution >= 0.6 is 15.9 Å². The largest absolute Gasteiger partial charge is 0.495 e. The van der Waals surface area contributed by atoms with Crippen LogP contribution in [0.4, 0.5) is 0 Å². The van der Waals surface area contributed by atoms with Crippen molar-refractivity contribution < 1.29 is 14.2 Å². The Labute approximate surface area is 121 Å². The highest BCUT2D eigenvalue weighted by molar-refractivity contribution is 9.10. The molecule has 104 valence electrons. The molecule has 2 aliphatic rings. The van der Waals surface area contributed by atoms with E-state index < -0.39 is 0 Å². The summed E-state index contributed by atoms with van der Waals surface area (Å²) in [5.41, 5.74) is 7.05. The van der Waals surface area contributed by atoms with E-state index in [-0.39, 0.29) is 5.41 Å². The highest BCUT2D eigenvalue weighted by Crippen LogP contribution is 2.58. The van der Waals surface area contributed by atoms with E-state index in [2.05, 4.69) is 15.9 Å². The van der Waals surface area contributed by atoms with Gasteiger partial charge in [0.05, 0.1) is 24.8 Å². The molecule has 5 heteroatoms. The highest BCUT2D eigenvalue weighted by Gasteiger charge is 2.48. The molecule has 0 atom stereocenters. The van der Waals surface area contributed by atoms with Gasteiger partial charge in [0.1, 0.15) is 5.75 Å². The zero-order valence-electron chi connectivity index (χ0n) is 11.0. The molecule has 4 nitrogen and oxygen atoms in total. The number of hydrogen-bond donors (Lipinski definition) is 1. The van der Waals surface area contributed by atoms with E-state index in [1.54, 1.807) is 7.11 Å². The molecule has 2 N–H and O–H groups in total. The molecule has 1 fully saturated rings. The predicted octanol–water partition coefficient (Wildman–Crippen LogP) is 2.61. The summed E-state index contributed by atoms with van der Waals surface area (Å²) in [6, 6.07) is 1.93. The van der Waals surface area contributed by atoms with E-state index in [0.717, 1.165) is 46.5 Å². The average molecular weight is 328 g/mol. The second-order valence-corrected chi connectivity index (χ2v) is 5.98. The van der Waals surface area contributed by atoms with Gasteiger partial charge in [-0.2, -0.15) is 0 Å². The van der Waals surface area contributed by atoms with Crippen molar-refractivity contribution in [2.75, 3.05) is 26.9 Å². The fourth-order valence-corrected chi connectivity index (χ4v) is 3.21. The van der Waals surface area contributed by atoms with Gasteiger partial charge in [-0.1, -0.05) is 0 Å². The lowest BCUT2D eigenvalue weighted by Gasteiger charge is -2.23. The summed E-state index contributed by atoms with van der Waals surface area (Å²) in [6.07, 6.45) is 3.04. The molecule has 19 heavy (non-hydrogen) atoms. The van der Waals surface area contributed by atoms with Gasteiger partial charge in [-0.25, -0.2) is 0 Å². The van der Waals surface area contributed by atoms with Crippen LogP contribution in [0, 0.1) is 0 Å². The summed E-state index contributed by atoms with van der Waals surface area (Å²) in [5.74, 6) is 2.44. The summed E-state index contributed by atoms with van der Waals surface area (Å²) in [6.45, 7) is 1.96. The van der Waals surface area contributed by atoms with Gasteiger partial charge < -0.3 is 19.9 Å². The summed E-state index contributed by atoms with van der Waals surface area (Å²) in [5, 5.41) is 0. The van der Waals surface area contributed by atoms with E-state index >= 15 is 0 Å². The number of ether oxygens (including phenoxy) is 3. The maximum atomic E-state index is 5.98. The minimum absolute atomic E-state index is 0.00704. The number of hydrogen-bond acceptors (Lipinski definition) is 4. The zero-order chi connectivity index (χ0) is 13.5. The molecule has 1 aliphatic heterocycles. The van der Waals surface area contributed by atoms with Crippen LogP contribution in [0.2, 0.25) is 0 Å². The van der Waals surface area contributed by atoms with Gasteiger partial charge in [0.2, 0.25) is 0 Å². The molecule has 0 saturated heterocycles. The van der Waals surface area contributed by atoms with Crippen molar-refractivity contribution in [1.82, 2.24) is 0 Å². The molecule has 0 radical (unpaired) electrons. The Balaban J connectivity index is 2.20. The molecule has 0 unspecified atom stereocenters. The van der Waals surface area contributed by atoms with Crippen LogP contribution in [0.25, 0.3) is 0 Å². The third kappa shape index (κ3) is 2.09. The molecule has 0 aromatic heterocycles. The van der Waals surface area contributed by atoms with Gasteiger partial charge in [-0.3, -0.25) is 0 Å². The van der Waals surface area contributed by atoms with Gasteiger partial charge in [-0.15, -0.1) is 0 Å². The van der Waals surface area contributed by atoms with Crippen LogP contribution in [0.15, 0.2) is 10.5 Å². The minimum atomic E-state index is -0.00704. The van der Waals surface area contributed by atoms with E-state index in [1.807, 2.05) is 6.07 Å². The number of benzene rings is 1. The van der Waals surface area contributed by atoms with Crippen molar-refractivity contribution in [3.8, 4) is 17.2 Å². The second-order valence-electron chi connectivity index (χ2n) is 5.13. The van der Waals surface area contributed by atoms with Crippen LogP contribution in [-0.4, -0.2) is 26.9 Å². The number of nitrogens with two attached hydrogens (primary N) is 1. The number of halogens is 1. The molecule has 1 saturated carbocycles. The van der Waals surface area contributed by atoms with Gasteiger partial charge in [0, 0.05) is 30.0 Å². The topological polar surface area (TPSA) is 53.7 Å². The SMILES string of the molecule is COc1c(Br)cc2c(c1C1(CN)CC1)OCCCO2. The Hall–Kier alpha value is -0.940.